The van der Waals surface area contributed by atoms with E-state index in [-0.39, 0.29) is 30.1 Å². The first-order valence-electron chi connectivity index (χ1n) is 9.62. The Labute approximate surface area is 178 Å². The van der Waals surface area contributed by atoms with Crippen LogP contribution in [0.1, 0.15) is 16.7 Å². The number of rotatable bonds is 6. The molecular weight excluding hydrogens is 400 g/mol. The molecule has 3 amide bonds. The van der Waals surface area contributed by atoms with Crippen molar-refractivity contribution in [3.63, 3.8) is 0 Å². The lowest BCUT2D eigenvalue weighted by atomic mass is 10.1. The normalized spacial score (nSPS) is 16.9. The lowest BCUT2D eigenvalue weighted by Crippen LogP contribution is -2.36. The SMILES string of the molecule is O=C(/C=C/c1ccc2c(c1)CCO2)NCCN1C(=O)S/C(=C\c2ccccc2)C1=O. The summed E-state index contributed by atoms with van der Waals surface area (Å²) in [4.78, 5) is 38.2. The Morgan fingerprint density at radius 2 is 1.97 bits per heavy atom. The molecule has 7 heteroatoms. The largest absolute Gasteiger partial charge is 0.493 e. The van der Waals surface area contributed by atoms with Gasteiger partial charge < -0.3 is 10.1 Å². The second-order valence-electron chi connectivity index (χ2n) is 6.83. The van der Waals surface area contributed by atoms with Crippen molar-refractivity contribution in [3.8, 4) is 5.75 Å². The summed E-state index contributed by atoms with van der Waals surface area (Å²) in [5.41, 5.74) is 2.92. The Kier molecular flexibility index (Phi) is 5.99. The maximum absolute atomic E-state index is 12.5. The fourth-order valence-corrected chi connectivity index (χ4v) is 4.09. The Bertz CT molecular complexity index is 1050. The minimum atomic E-state index is -0.334. The third-order valence-electron chi connectivity index (χ3n) is 4.75. The summed E-state index contributed by atoms with van der Waals surface area (Å²) < 4.78 is 5.47. The molecule has 2 aliphatic heterocycles. The molecule has 6 nitrogen and oxygen atoms in total. The number of benzene rings is 2. The highest BCUT2D eigenvalue weighted by molar-refractivity contribution is 8.18. The van der Waals surface area contributed by atoms with Crippen LogP contribution in [0.2, 0.25) is 0 Å². The summed E-state index contributed by atoms with van der Waals surface area (Å²) in [6.45, 7) is 1.02. The van der Waals surface area contributed by atoms with E-state index in [0.29, 0.717) is 11.5 Å². The van der Waals surface area contributed by atoms with Gasteiger partial charge in [0.25, 0.3) is 11.1 Å². The third-order valence-corrected chi connectivity index (χ3v) is 5.65. The summed E-state index contributed by atoms with van der Waals surface area (Å²) >= 11 is 0.914. The molecule has 0 atom stereocenters. The monoisotopic (exact) mass is 420 g/mol. The Morgan fingerprint density at radius 3 is 2.80 bits per heavy atom. The second kappa shape index (κ2) is 9.00. The fraction of sp³-hybridized carbons (Fsp3) is 0.174. The Morgan fingerprint density at radius 1 is 1.13 bits per heavy atom. The van der Waals surface area contributed by atoms with E-state index in [1.54, 1.807) is 12.2 Å². The van der Waals surface area contributed by atoms with Gasteiger partial charge in [-0.2, -0.15) is 0 Å². The zero-order chi connectivity index (χ0) is 20.9. The van der Waals surface area contributed by atoms with Crippen molar-refractivity contribution in [3.05, 3.63) is 76.2 Å². The number of ether oxygens (including phenoxy) is 1. The number of fused-ring (bicyclic) bond motifs is 1. The first-order chi connectivity index (χ1) is 14.6. The summed E-state index contributed by atoms with van der Waals surface area (Å²) in [6.07, 6.45) is 5.75. The van der Waals surface area contributed by atoms with E-state index in [1.807, 2.05) is 48.5 Å². The molecule has 0 aromatic heterocycles. The topological polar surface area (TPSA) is 75.7 Å². The van der Waals surface area contributed by atoms with Crippen LogP contribution in [0, 0.1) is 0 Å². The second-order valence-corrected chi connectivity index (χ2v) is 7.83. The van der Waals surface area contributed by atoms with E-state index in [0.717, 1.165) is 45.5 Å². The van der Waals surface area contributed by atoms with Gasteiger partial charge in [-0.25, -0.2) is 0 Å². The molecule has 2 aliphatic rings. The van der Waals surface area contributed by atoms with Crippen molar-refractivity contribution >= 4 is 41.0 Å². The lowest BCUT2D eigenvalue weighted by Gasteiger charge is -2.12. The predicted octanol–water partition coefficient (Wildman–Crippen LogP) is 3.49. The quantitative estimate of drug-likeness (QED) is 0.724. The van der Waals surface area contributed by atoms with Gasteiger partial charge in [-0.1, -0.05) is 36.4 Å². The van der Waals surface area contributed by atoms with E-state index in [9.17, 15) is 14.4 Å². The molecule has 152 valence electrons. The highest BCUT2D eigenvalue weighted by atomic mass is 32.2. The number of nitrogens with zero attached hydrogens (tertiary/aromatic N) is 1. The zero-order valence-electron chi connectivity index (χ0n) is 16.2. The van der Waals surface area contributed by atoms with Crippen molar-refractivity contribution in [2.45, 2.75) is 6.42 Å². The number of amides is 3. The first-order valence-corrected chi connectivity index (χ1v) is 10.4. The predicted molar refractivity (Wildman–Crippen MR) is 117 cm³/mol. The van der Waals surface area contributed by atoms with E-state index >= 15 is 0 Å². The number of nitrogens with one attached hydrogen (secondary N) is 1. The van der Waals surface area contributed by atoms with Crippen molar-refractivity contribution in [1.82, 2.24) is 10.2 Å². The molecule has 1 N–H and O–H groups in total. The van der Waals surface area contributed by atoms with Gasteiger partial charge in [0, 0.05) is 25.6 Å². The molecule has 0 unspecified atom stereocenters. The highest BCUT2D eigenvalue weighted by Crippen LogP contribution is 2.31. The van der Waals surface area contributed by atoms with Crippen LogP contribution in [0.25, 0.3) is 12.2 Å². The molecule has 0 saturated carbocycles. The van der Waals surface area contributed by atoms with Gasteiger partial charge >= 0.3 is 0 Å². The zero-order valence-corrected chi connectivity index (χ0v) is 17.0. The summed E-state index contributed by atoms with van der Waals surface area (Å²) in [5, 5.41) is 2.39. The van der Waals surface area contributed by atoms with Crippen LogP contribution in [0.5, 0.6) is 5.75 Å². The molecule has 0 radical (unpaired) electrons. The smallest absolute Gasteiger partial charge is 0.293 e. The maximum atomic E-state index is 12.5. The minimum Gasteiger partial charge on any atom is -0.493 e. The van der Waals surface area contributed by atoms with Crippen LogP contribution >= 0.6 is 11.8 Å². The molecule has 0 aliphatic carbocycles. The summed E-state index contributed by atoms with van der Waals surface area (Å²) in [5.74, 6) is 0.285. The van der Waals surface area contributed by atoms with Gasteiger partial charge in [-0.05, 0) is 52.7 Å². The highest BCUT2D eigenvalue weighted by Gasteiger charge is 2.34. The van der Waals surface area contributed by atoms with Gasteiger partial charge in [0.2, 0.25) is 5.91 Å². The van der Waals surface area contributed by atoms with Crippen LogP contribution in [-0.4, -0.2) is 41.6 Å². The van der Waals surface area contributed by atoms with Crippen molar-refractivity contribution in [2.75, 3.05) is 19.7 Å². The van der Waals surface area contributed by atoms with Crippen LogP contribution in [0.3, 0.4) is 0 Å². The average Bonchev–Trinajstić information content (AvgIpc) is 3.32. The van der Waals surface area contributed by atoms with Crippen LogP contribution in [0.15, 0.2) is 59.5 Å². The summed E-state index contributed by atoms with van der Waals surface area (Å²) in [7, 11) is 0. The molecule has 1 fully saturated rings. The summed E-state index contributed by atoms with van der Waals surface area (Å²) in [6, 6.07) is 15.2. The fourth-order valence-electron chi connectivity index (χ4n) is 3.23. The van der Waals surface area contributed by atoms with E-state index in [1.165, 1.54) is 6.08 Å². The van der Waals surface area contributed by atoms with Crippen molar-refractivity contribution in [2.24, 2.45) is 0 Å². The van der Waals surface area contributed by atoms with Gasteiger partial charge in [0.15, 0.2) is 0 Å². The minimum absolute atomic E-state index is 0.132. The number of hydrogen-bond donors (Lipinski definition) is 1. The third kappa shape index (κ3) is 4.63. The van der Waals surface area contributed by atoms with E-state index in [2.05, 4.69) is 5.32 Å². The van der Waals surface area contributed by atoms with Gasteiger partial charge in [-0.3, -0.25) is 19.3 Å². The number of carbonyl (C=O) groups excluding carboxylic acids is 3. The van der Waals surface area contributed by atoms with Gasteiger partial charge in [0.05, 0.1) is 11.5 Å². The van der Waals surface area contributed by atoms with Crippen molar-refractivity contribution in [1.29, 1.82) is 0 Å². The lowest BCUT2D eigenvalue weighted by molar-refractivity contribution is -0.123. The number of hydrogen-bond acceptors (Lipinski definition) is 5. The molecule has 2 heterocycles. The maximum Gasteiger partial charge on any atom is 0.293 e. The Hall–Kier alpha value is -3.32. The molecule has 1 saturated heterocycles. The standard InChI is InChI=1S/C23H20N2O4S/c26-21(9-7-17-6-8-19-18(14-17)10-13-29-19)24-11-12-25-22(27)20(30-23(25)28)15-16-4-2-1-3-5-16/h1-9,14-15H,10-13H2,(H,24,26)/b9-7+,20-15-. The molecule has 0 bridgehead atoms. The Balaban J connectivity index is 1.28. The van der Waals surface area contributed by atoms with Gasteiger partial charge in [-0.15, -0.1) is 0 Å². The molecule has 2 aromatic carbocycles. The van der Waals surface area contributed by atoms with Crippen LogP contribution in [-0.2, 0) is 16.0 Å². The van der Waals surface area contributed by atoms with Crippen LogP contribution in [0.4, 0.5) is 4.79 Å². The van der Waals surface area contributed by atoms with E-state index in [4.69, 9.17) is 4.74 Å². The van der Waals surface area contributed by atoms with Crippen LogP contribution < -0.4 is 10.1 Å². The average molecular weight is 420 g/mol. The number of imide groups is 1. The molecule has 4 rings (SSSR count). The number of carbonyl (C=O) groups is 3. The number of thioether (sulfide) groups is 1. The van der Waals surface area contributed by atoms with Gasteiger partial charge in [0.1, 0.15) is 5.75 Å². The van der Waals surface area contributed by atoms with E-state index < -0.39 is 0 Å². The molecule has 30 heavy (non-hydrogen) atoms. The molecule has 0 spiro atoms. The first kappa shape index (κ1) is 20.0. The molecule has 2 aromatic rings. The van der Waals surface area contributed by atoms with Crippen molar-refractivity contribution < 1.29 is 19.1 Å². The molecular formula is C23H20N2O4S.